The maximum absolute atomic E-state index is 13.3. The smallest absolute Gasteiger partial charge is 0.270 e. The summed E-state index contributed by atoms with van der Waals surface area (Å²) >= 11 is 0. The molecular weight excluding hydrogens is 333 g/mol. The van der Waals surface area contributed by atoms with Gasteiger partial charge in [-0.1, -0.05) is 19.3 Å². The van der Waals surface area contributed by atoms with Crippen molar-refractivity contribution in [2.24, 2.45) is 0 Å². The number of rotatable bonds is 4. The molecule has 5 nitrogen and oxygen atoms in total. The Morgan fingerprint density at radius 1 is 1.15 bits per heavy atom. The van der Waals surface area contributed by atoms with Crippen molar-refractivity contribution >= 4 is 5.91 Å². The zero-order chi connectivity index (χ0) is 17.9. The molecule has 0 spiro atoms. The third-order valence-electron chi connectivity index (χ3n) is 4.73. The first-order chi connectivity index (χ1) is 12.7. The molecule has 1 amide bonds. The molecular formula is C20H20FN3O2. The van der Waals surface area contributed by atoms with Crippen molar-refractivity contribution in [3.8, 4) is 17.1 Å². The van der Waals surface area contributed by atoms with Gasteiger partial charge in [-0.25, -0.2) is 9.07 Å². The highest BCUT2D eigenvalue weighted by Crippen LogP contribution is 2.23. The Hall–Kier alpha value is -2.89. The Kier molecular flexibility index (Phi) is 4.56. The van der Waals surface area contributed by atoms with E-state index >= 15 is 0 Å². The van der Waals surface area contributed by atoms with E-state index < -0.39 is 0 Å². The van der Waals surface area contributed by atoms with Gasteiger partial charge in [-0.3, -0.25) is 4.79 Å². The van der Waals surface area contributed by atoms with Gasteiger partial charge in [-0.2, -0.15) is 5.10 Å². The molecule has 26 heavy (non-hydrogen) atoms. The fourth-order valence-corrected chi connectivity index (χ4v) is 3.37. The summed E-state index contributed by atoms with van der Waals surface area (Å²) < 4.78 is 20.2. The fraction of sp³-hybridized carbons (Fsp3) is 0.300. The number of aromatic nitrogens is 2. The molecule has 134 valence electrons. The molecule has 1 N–H and O–H groups in total. The number of amides is 1. The van der Waals surface area contributed by atoms with Gasteiger partial charge in [0.05, 0.1) is 12.0 Å². The molecule has 2 heterocycles. The summed E-state index contributed by atoms with van der Waals surface area (Å²) in [5.41, 5.74) is 1.60. The van der Waals surface area contributed by atoms with E-state index in [1.165, 1.54) is 23.2 Å². The first kappa shape index (κ1) is 16.6. The Balaban J connectivity index is 1.69. The summed E-state index contributed by atoms with van der Waals surface area (Å²) in [7, 11) is 0. The van der Waals surface area contributed by atoms with Crippen LogP contribution in [0.5, 0.6) is 0 Å². The maximum atomic E-state index is 13.3. The van der Waals surface area contributed by atoms with Crippen LogP contribution in [0, 0.1) is 5.82 Å². The van der Waals surface area contributed by atoms with Crippen LogP contribution in [-0.2, 0) is 0 Å². The topological polar surface area (TPSA) is 60.1 Å². The normalized spacial score (nSPS) is 15.1. The van der Waals surface area contributed by atoms with Crippen LogP contribution in [-0.4, -0.2) is 21.7 Å². The van der Waals surface area contributed by atoms with E-state index in [1.54, 1.807) is 36.6 Å². The molecule has 1 fully saturated rings. The number of nitrogens with zero attached hydrogens (tertiary/aromatic N) is 2. The average molecular weight is 353 g/mol. The third-order valence-corrected chi connectivity index (χ3v) is 4.73. The molecule has 1 aliphatic carbocycles. The van der Waals surface area contributed by atoms with Crippen LogP contribution in [0.4, 0.5) is 4.39 Å². The molecule has 0 saturated heterocycles. The van der Waals surface area contributed by atoms with Crippen LogP contribution in [0.25, 0.3) is 17.1 Å². The van der Waals surface area contributed by atoms with Gasteiger partial charge in [0.25, 0.3) is 5.91 Å². The van der Waals surface area contributed by atoms with Gasteiger partial charge in [0.1, 0.15) is 17.2 Å². The Morgan fingerprint density at radius 2 is 1.92 bits per heavy atom. The van der Waals surface area contributed by atoms with Crippen molar-refractivity contribution in [2.45, 2.75) is 38.1 Å². The van der Waals surface area contributed by atoms with Crippen LogP contribution in [0.1, 0.15) is 42.6 Å². The lowest BCUT2D eigenvalue weighted by atomic mass is 9.95. The van der Waals surface area contributed by atoms with Crippen molar-refractivity contribution in [1.29, 1.82) is 0 Å². The lowest BCUT2D eigenvalue weighted by molar-refractivity contribution is 0.0920. The second kappa shape index (κ2) is 7.15. The molecule has 1 saturated carbocycles. The van der Waals surface area contributed by atoms with Crippen LogP contribution in [0.15, 0.2) is 53.1 Å². The number of furan rings is 1. The highest BCUT2D eigenvalue weighted by atomic mass is 19.1. The number of nitrogens with one attached hydrogen (secondary N) is 1. The second-order valence-corrected chi connectivity index (χ2v) is 6.59. The predicted molar refractivity (Wildman–Crippen MR) is 95.6 cm³/mol. The van der Waals surface area contributed by atoms with E-state index in [4.69, 9.17) is 4.42 Å². The van der Waals surface area contributed by atoms with Crippen molar-refractivity contribution in [3.05, 3.63) is 60.2 Å². The molecule has 4 rings (SSSR count). The lowest BCUT2D eigenvalue weighted by Crippen LogP contribution is -2.37. The molecule has 0 atom stereocenters. The number of halogens is 1. The lowest BCUT2D eigenvalue weighted by Gasteiger charge is -2.22. The minimum atomic E-state index is -0.333. The van der Waals surface area contributed by atoms with Crippen molar-refractivity contribution < 1.29 is 13.6 Å². The maximum Gasteiger partial charge on any atom is 0.270 e. The SMILES string of the molecule is O=C(NC1CCCCC1)c1cc(-c2ccco2)nn1-c1ccc(F)cc1. The minimum Gasteiger partial charge on any atom is -0.463 e. The Bertz CT molecular complexity index is 878. The van der Waals surface area contributed by atoms with Gasteiger partial charge in [-0.15, -0.1) is 0 Å². The largest absolute Gasteiger partial charge is 0.463 e. The van der Waals surface area contributed by atoms with E-state index in [9.17, 15) is 9.18 Å². The fourth-order valence-electron chi connectivity index (χ4n) is 3.37. The minimum absolute atomic E-state index is 0.175. The summed E-state index contributed by atoms with van der Waals surface area (Å²) in [6.07, 6.45) is 7.07. The Labute approximate surface area is 150 Å². The zero-order valence-electron chi connectivity index (χ0n) is 14.3. The zero-order valence-corrected chi connectivity index (χ0v) is 14.3. The van der Waals surface area contributed by atoms with Gasteiger partial charge in [0.15, 0.2) is 5.76 Å². The van der Waals surface area contributed by atoms with Gasteiger partial charge >= 0.3 is 0 Å². The Morgan fingerprint density at radius 3 is 2.62 bits per heavy atom. The quantitative estimate of drug-likeness (QED) is 0.759. The van der Waals surface area contributed by atoms with Gasteiger partial charge in [0, 0.05) is 12.1 Å². The molecule has 0 radical (unpaired) electrons. The van der Waals surface area contributed by atoms with E-state index in [0.717, 1.165) is 25.7 Å². The standard InChI is InChI=1S/C20H20FN3O2/c21-14-8-10-16(11-9-14)24-18(13-17(23-24)19-7-4-12-26-19)20(25)22-15-5-2-1-3-6-15/h4,7-13,15H,1-3,5-6H2,(H,22,25). The summed E-state index contributed by atoms with van der Waals surface area (Å²) in [4.78, 5) is 12.9. The molecule has 1 aliphatic rings. The number of hydrogen-bond acceptors (Lipinski definition) is 3. The van der Waals surface area contributed by atoms with E-state index in [1.807, 2.05) is 0 Å². The predicted octanol–water partition coefficient (Wildman–Crippen LogP) is 4.33. The summed E-state index contributed by atoms with van der Waals surface area (Å²) in [6, 6.07) is 11.4. The van der Waals surface area contributed by atoms with Crippen LogP contribution >= 0.6 is 0 Å². The second-order valence-electron chi connectivity index (χ2n) is 6.59. The number of hydrogen-bond donors (Lipinski definition) is 1. The van der Waals surface area contributed by atoms with E-state index in [-0.39, 0.29) is 17.8 Å². The molecule has 3 aromatic rings. The first-order valence-corrected chi connectivity index (χ1v) is 8.91. The summed E-state index contributed by atoms with van der Waals surface area (Å²) in [5, 5.41) is 7.62. The van der Waals surface area contributed by atoms with Crippen molar-refractivity contribution in [1.82, 2.24) is 15.1 Å². The van der Waals surface area contributed by atoms with E-state index in [2.05, 4.69) is 10.4 Å². The average Bonchev–Trinajstić information content (AvgIpc) is 3.33. The van der Waals surface area contributed by atoms with Crippen LogP contribution in [0.2, 0.25) is 0 Å². The van der Waals surface area contributed by atoms with Crippen molar-refractivity contribution in [2.75, 3.05) is 0 Å². The van der Waals surface area contributed by atoms with Crippen molar-refractivity contribution in [3.63, 3.8) is 0 Å². The van der Waals surface area contributed by atoms with Crippen LogP contribution < -0.4 is 5.32 Å². The van der Waals surface area contributed by atoms with Crippen LogP contribution in [0.3, 0.4) is 0 Å². The van der Waals surface area contributed by atoms with E-state index in [0.29, 0.717) is 22.8 Å². The number of benzene rings is 1. The molecule has 0 bridgehead atoms. The molecule has 2 aromatic heterocycles. The monoisotopic (exact) mass is 353 g/mol. The highest BCUT2D eigenvalue weighted by Gasteiger charge is 2.22. The summed E-state index contributed by atoms with van der Waals surface area (Å²) in [5.74, 6) is 0.0736. The molecule has 0 unspecified atom stereocenters. The van der Waals surface area contributed by atoms with Gasteiger partial charge < -0.3 is 9.73 Å². The number of carbonyl (C=O) groups is 1. The van der Waals surface area contributed by atoms with Gasteiger partial charge in [-0.05, 0) is 49.2 Å². The highest BCUT2D eigenvalue weighted by molar-refractivity contribution is 5.94. The third kappa shape index (κ3) is 3.40. The number of carbonyl (C=O) groups excluding carboxylic acids is 1. The molecule has 0 aliphatic heterocycles. The first-order valence-electron chi connectivity index (χ1n) is 8.91. The molecule has 1 aromatic carbocycles. The van der Waals surface area contributed by atoms with Gasteiger partial charge in [0.2, 0.25) is 0 Å². The molecule has 6 heteroatoms. The summed E-state index contributed by atoms with van der Waals surface area (Å²) in [6.45, 7) is 0.